The third-order valence-corrected chi connectivity index (χ3v) is 12.8. The zero-order chi connectivity index (χ0) is 33.7. The predicted molar refractivity (Wildman–Crippen MR) is 168 cm³/mol. The van der Waals surface area contributed by atoms with E-state index in [4.69, 9.17) is 16.3 Å². The number of piperidine rings is 1. The van der Waals surface area contributed by atoms with Crippen LogP contribution in [0.2, 0.25) is 5.02 Å². The first-order valence-corrected chi connectivity index (χ1v) is 18.0. The van der Waals surface area contributed by atoms with Gasteiger partial charge in [0, 0.05) is 62.4 Å². The Hall–Kier alpha value is -2.48. The number of aryl methyl sites for hydroxylation is 1. The van der Waals surface area contributed by atoms with Crippen LogP contribution in [0.4, 0.5) is 27.6 Å². The average Bonchev–Trinajstić information content (AvgIpc) is 3.81. The Bertz CT molecular complexity index is 1590. The Labute approximate surface area is 277 Å². The van der Waals surface area contributed by atoms with E-state index >= 15 is 4.39 Å². The first-order chi connectivity index (χ1) is 22.2. The molecule has 4 aliphatic rings. The Morgan fingerprint density at radius 3 is 2.28 bits per heavy atom. The normalized spacial score (nSPS) is 23.8. The molecule has 1 amide bonds. The summed E-state index contributed by atoms with van der Waals surface area (Å²) >= 11 is 6.45. The molecule has 1 saturated carbocycles. The Balaban J connectivity index is 1.23. The number of anilines is 1. The van der Waals surface area contributed by atoms with Crippen molar-refractivity contribution in [3.63, 3.8) is 0 Å². The quantitative estimate of drug-likeness (QED) is 0.298. The lowest BCUT2D eigenvalue weighted by atomic mass is 9.85. The van der Waals surface area contributed by atoms with Crippen LogP contribution in [0.25, 0.3) is 0 Å². The third kappa shape index (κ3) is 7.43. The molecule has 0 radical (unpaired) electrons. The second-order valence-corrected chi connectivity index (χ2v) is 15.8. The van der Waals surface area contributed by atoms with Gasteiger partial charge in [-0.1, -0.05) is 17.7 Å². The summed E-state index contributed by atoms with van der Waals surface area (Å²) in [5, 5.41) is -0.527. The number of sulfonamides is 1. The number of ether oxygens (including phenoxy) is 1. The number of nitrogens with zero attached hydrogens (tertiary/aromatic N) is 3. The molecule has 3 saturated heterocycles. The lowest BCUT2D eigenvalue weighted by Crippen LogP contribution is -2.44. The highest BCUT2D eigenvalue weighted by atomic mass is 35.5. The van der Waals surface area contributed by atoms with Gasteiger partial charge in [-0.25, -0.2) is 17.2 Å². The molecule has 7 nitrogen and oxygen atoms in total. The average molecular weight is 704 g/mol. The number of amides is 1. The molecule has 0 bridgehead atoms. The summed E-state index contributed by atoms with van der Waals surface area (Å²) in [6.45, 7) is 2.66. The molecule has 2 aromatic rings. The van der Waals surface area contributed by atoms with Gasteiger partial charge in [0.1, 0.15) is 18.2 Å². The standard InChI is InChI=1S/C33H39ClF5N3O4S/c1-20-14-31(42(19-33(37,38)39)47(44,45)24-3-4-24)26(16-29(20)34)21-6-10-40(11-7-21)32(43)28-18-41(23-8-12-46-13-9-23)17-27(28)25-5-2-22(35)15-30(25)36/h2,5,14-16,21,23-24,27-28H,3-4,6-13,17-19H2,1H3/t27-,28?/m0/s1. The number of alkyl halides is 3. The molecule has 14 heteroatoms. The minimum atomic E-state index is -4.76. The summed E-state index contributed by atoms with van der Waals surface area (Å²) in [4.78, 5) is 18.0. The molecule has 258 valence electrons. The largest absolute Gasteiger partial charge is 0.407 e. The maximum absolute atomic E-state index is 15.1. The van der Waals surface area contributed by atoms with E-state index in [2.05, 4.69) is 4.90 Å². The molecule has 0 aromatic heterocycles. The SMILES string of the molecule is Cc1cc(N(CC(F)(F)F)S(=O)(=O)C2CC2)c(C2CCN(C(=O)C3CN(C4CCOCC4)C[C@H]3c3ccc(F)cc3F)CC2)cc1Cl. The first-order valence-electron chi connectivity index (χ1n) is 16.2. The van der Waals surface area contributed by atoms with Crippen LogP contribution in [0.15, 0.2) is 30.3 Å². The fraction of sp³-hybridized carbons (Fsp3) is 0.606. The number of benzene rings is 2. The van der Waals surface area contributed by atoms with Crippen molar-refractivity contribution < 1.29 is 39.9 Å². The molecule has 1 unspecified atom stereocenters. The second-order valence-electron chi connectivity index (χ2n) is 13.3. The third-order valence-electron chi connectivity index (χ3n) is 10.1. The smallest absolute Gasteiger partial charge is 0.381 e. The van der Waals surface area contributed by atoms with E-state index in [0.717, 1.165) is 18.9 Å². The Morgan fingerprint density at radius 1 is 0.979 bits per heavy atom. The minimum absolute atomic E-state index is 0.0179. The number of halogens is 6. The topological polar surface area (TPSA) is 70.2 Å². The van der Waals surface area contributed by atoms with E-state index in [-0.39, 0.29) is 36.6 Å². The van der Waals surface area contributed by atoms with Crippen molar-refractivity contribution >= 4 is 33.2 Å². The number of hydrogen-bond acceptors (Lipinski definition) is 5. The molecule has 47 heavy (non-hydrogen) atoms. The predicted octanol–water partition coefficient (Wildman–Crippen LogP) is 6.39. The molecule has 0 N–H and O–H groups in total. The number of carbonyl (C=O) groups is 1. The molecule has 3 heterocycles. The molecular weight excluding hydrogens is 665 g/mol. The molecule has 1 aliphatic carbocycles. The highest BCUT2D eigenvalue weighted by Gasteiger charge is 2.47. The van der Waals surface area contributed by atoms with Crippen LogP contribution < -0.4 is 4.31 Å². The van der Waals surface area contributed by atoms with E-state index in [0.29, 0.717) is 78.0 Å². The minimum Gasteiger partial charge on any atom is -0.381 e. The summed E-state index contributed by atoms with van der Waals surface area (Å²) in [6.07, 6.45) is -1.77. The van der Waals surface area contributed by atoms with Gasteiger partial charge in [0.2, 0.25) is 15.9 Å². The van der Waals surface area contributed by atoms with Crippen molar-refractivity contribution in [2.75, 3.05) is 50.2 Å². The number of rotatable bonds is 8. The monoisotopic (exact) mass is 703 g/mol. The summed E-state index contributed by atoms with van der Waals surface area (Å²) in [7, 11) is -4.25. The van der Waals surface area contributed by atoms with Crippen molar-refractivity contribution in [2.24, 2.45) is 5.92 Å². The summed E-state index contributed by atoms with van der Waals surface area (Å²) in [5.74, 6) is -2.91. The summed E-state index contributed by atoms with van der Waals surface area (Å²) < 4.78 is 103. The van der Waals surface area contributed by atoms with E-state index < -0.39 is 51.5 Å². The molecule has 2 aromatic carbocycles. The number of hydrogen-bond donors (Lipinski definition) is 0. The van der Waals surface area contributed by atoms with Crippen molar-refractivity contribution in [3.05, 3.63) is 63.7 Å². The first kappa shape index (κ1) is 34.4. The van der Waals surface area contributed by atoms with Gasteiger partial charge in [-0.3, -0.25) is 14.0 Å². The molecule has 0 spiro atoms. The van der Waals surface area contributed by atoms with E-state index in [1.807, 2.05) is 0 Å². The fourth-order valence-electron chi connectivity index (χ4n) is 7.44. The van der Waals surface area contributed by atoms with Crippen LogP contribution in [0.1, 0.15) is 67.1 Å². The van der Waals surface area contributed by atoms with Crippen molar-refractivity contribution in [2.45, 2.75) is 74.8 Å². The van der Waals surface area contributed by atoms with Gasteiger partial charge in [-0.2, -0.15) is 13.2 Å². The van der Waals surface area contributed by atoms with E-state index in [1.165, 1.54) is 18.2 Å². The highest BCUT2D eigenvalue weighted by Crippen LogP contribution is 2.44. The van der Waals surface area contributed by atoms with Crippen LogP contribution in [-0.4, -0.2) is 87.5 Å². The highest BCUT2D eigenvalue weighted by molar-refractivity contribution is 7.93. The van der Waals surface area contributed by atoms with Gasteiger partial charge in [0.05, 0.1) is 16.9 Å². The number of carbonyl (C=O) groups excluding carboxylic acids is 1. The second kappa shape index (κ2) is 13.4. The molecule has 2 atom stereocenters. The molecule has 4 fully saturated rings. The van der Waals surface area contributed by atoms with E-state index in [1.54, 1.807) is 17.9 Å². The Kier molecular flexibility index (Phi) is 9.83. The zero-order valence-corrected chi connectivity index (χ0v) is 27.7. The zero-order valence-electron chi connectivity index (χ0n) is 26.1. The van der Waals surface area contributed by atoms with E-state index in [9.17, 15) is 30.8 Å². The lowest BCUT2D eigenvalue weighted by molar-refractivity contribution is -0.136. The molecule has 3 aliphatic heterocycles. The van der Waals surface area contributed by atoms with Gasteiger partial charge in [-0.15, -0.1) is 0 Å². The fourth-order valence-corrected chi connectivity index (χ4v) is 9.46. The summed E-state index contributed by atoms with van der Waals surface area (Å²) in [5.41, 5.74) is 1.16. The van der Waals surface area contributed by atoms with Crippen LogP contribution in [0, 0.1) is 24.5 Å². The van der Waals surface area contributed by atoms with Crippen LogP contribution in [0.3, 0.4) is 0 Å². The summed E-state index contributed by atoms with van der Waals surface area (Å²) in [6, 6.07) is 6.64. The van der Waals surface area contributed by atoms with Crippen molar-refractivity contribution in [1.82, 2.24) is 9.80 Å². The Morgan fingerprint density at radius 2 is 1.66 bits per heavy atom. The maximum Gasteiger partial charge on any atom is 0.407 e. The van der Waals surface area contributed by atoms with Gasteiger partial charge in [-0.05, 0) is 86.3 Å². The van der Waals surface area contributed by atoms with Gasteiger partial charge in [0.25, 0.3) is 0 Å². The van der Waals surface area contributed by atoms with Gasteiger partial charge in [0.15, 0.2) is 0 Å². The lowest BCUT2D eigenvalue weighted by Gasteiger charge is -2.37. The van der Waals surface area contributed by atoms with Crippen molar-refractivity contribution in [1.29, 1.82) is 0 Å². The van der Waals surface area contributed by atoms with Gasteiger partial charge < -0.3 is 9.64 Å². The maximum atomic E-state index is 15.1. The van der Waals surface area contributed by atoms with Crippen LogP contribution in [-0.2, 0) is 19.6 Å². The number of likely N-dealkylation sites (tertiary alicyclic amines) is 2. The van der Waals surface area contributed by atoms with Crippen molar-refractivity contribution in [3.8, 4) is 0 Å². The van der Waals surface area contributed by atoms with Crippen LogP contribution >= 0.6 is 11.6 Å². The molecule has 6 rings (SSSR count). The van der Waals surface area contributed by atoms with Gasteiger partial charge >= 0.3 is 6.18 Å². The molecular formula is C33H39ClF5N3O4S. The van der Waals surface area contributed by atoms with Crippen LogP contribution in [0.5, 0.6) is 0 Å².